The summed E-state index contributed by atoms with van der Waals surface area (Å²) in [5.41, 5.74) is 2.99. The summed E-state index contributed by atoms with van der Waals surface area (Å²) >= 11 is 1.48. The van der Waals surface area contributed by atoms with Crippen molar-refractivity contribution in [2.24, 2.45) is 0 Å². The van der Waals surface area contributed by atoms with E-state index < -0.39 is 12.6 Å². The van der Waals surface area contributed by atoms with Crippen LogP contribution < -0.4 is 10.1 Å². The van der Waals surface area contributed by atoms with E-state index in [-0.39, 0.29) is 12.3 Å². The molecule has 2 N–H and O–H groups in total. The van der Waals surface area contributed by atoms with E-state index in [0.717, 1.165) is 15.8 Å². The second-order valence-electron chi connectivity index (χ2n) is 6.59. The van der Waals surface area contributed by atoms with Gasteiger partial charge in [-0.1, -0.05) is 42.5 Å². The van der Waals surface area contributed by atoms with Crippen LogP contribution in [0.25, 0.3) is 20.8 Å². The molecule has 6 nitrogen and oxygen atoms in total. The van der Waals surface area contributed by atoms with Crippen molar-refractivity contribution in [3.63, 3.8) is 0 Å². The lowest BCUT2D eigenvalue weighted by Crippen LogP contribution is -2.14. The van der Waals surface area contributed by atoms with Crippen LogP contribution in [-0.2, 0) is 16.0 Å². The Kier molecular flexibility index (Phi) is 5.72. The van der Waals surface area contributed by atoms with Crippen LogP contribution in [0, 0.1) is 0 Å². The van der Waals surface area contributed by atoms with E-state index in [2.05, 4.69) is 10.3 Å². The second kappa shape index (κ2) is 8.75. The molecule has 4 rings (SSSR count). The van der Waals surface area contributed by atoms with Crippen molar-refractivity contribution in [1.82, 2.24) is 4.98 Å². The Morgan fingerprint density at radius 1 is 1.00 bits per heavy atom. The van der Waals surface area contributed by atoms with Gasteiger partial charge >= 0.3 is 5.97 Å². The molecular formula is C23H18N2O4S. The minimum atomic E-state index is -1.06. The van der Waals surface area contributed by atoms with E-state index in [1.807, 2.05) is 54.6 Å². The number of nitrogens with zero attached hydrogens (tertiary/aromatic N) is 1. The van der Waals surface area contributed by atoms with Crippen molar-refractivity contribution in [2.75, 3.05) is 11.9 Å². The Morgan fingerprint density at radius 2 is 1.77 bits per heavy atom. The Balaban J connectivity index is 1.63. The van der Waals surface area contributed by atoms with Gasteiger partial charge in [-0.3, -0.25) is 4.79 Å². The summed E-state index contributed by atoms with van der Waals surface area (Å²) in [4.78, 5) is 28.0. The predicted molar refractivity (Wildman–Crippen MR) is 117 cm³/mol. The number of thiazole rings is 1. The molecule has 1 aromatic heterocycles. The van der Waals surface area contributed by atoms with Crippen LogP contribution in [0.4, 0.5) is 5.69 Å². The van der Waals surface area contributed by atoms with E-state index in [4.69, 9.17) is 9.84 Å². The highest BCUT2D eigenvalue weighted by molar-refractivity contribution is 7.21. The summed E-state index contributed by atoms with van der Waals surface area (Å²) in [5.74, 6) is -0.807. The van der Waals surface area contributed by atoms with E-state index >= 15 is 0 Å². The average Bonchev–Trinajstić information content (AvgIpc) is 3.17. The molecule has 3 aromatic carbocycles. The van der Waals surface area contributed by atoms with Crippen LogP contribution in [0.5, 0.6) is 5.75 Å². The molecule has 0 atom stereocenters. The minimum Gasteiger partial charge on any atom is -0.481 e. The van der Waals surface area contributed by atoms with Gasteiger partial charge in [0.05, 0.1) is 22.2 Å². The number of hydrogen-bond acceptors (Lipinski definition) is 5. The van der Waals surface area contributed by atoms with Gasteiger partial charge < -0.3 is 15.2 Å². The maximum Gasteiger partial charge on any atom is 0.341 e. The molecule has 0 fully saturated rings. The number of carboxylic acid groups (broad SMARTS) is 1. The van der Waals surface area contributed by atoms with E-state index in [1.165, 1.54) is 11.3 Å². The molecule has 0 saturated carbocycles. The smallest absolute Gasteiger partial charge is 0.341 e. The first-order chi connectivity index (χ1) is 14.6. The first-order valence-electron chi connectivity index (χ1n) is 9.27. The number of benzene rings is 3. The molecule has 1 heterocycles. The zero-order valence-electron chi connectivity index (χ0n) is 15.9. The van der Waals surface area contributed by atoms with Crippen LogP contribution in [-0.4, -0.2) is 28.6 Å². The Bertz CT molecular complexity index is 1170. The van der Waals surface area contributed by atoms with Gasteiger partial charge in [0.15, 0.2) is 6.61 Å². The van der Waals surface area contributed by atoms with Crippen LogP contribution in [0.15, 0.2) is 72.8 Å². The Labute approximate surface area is 176 Å². The fraction of sp³-hybridized carbons (Fsp3) is 0.0870. The highest BCUT2D eigenvalue weighted by Gasteiger charge is 2.15. The van der Waals surface area contributed by atoms with E-state index in [0.29, 0.717) is 22.0 Å². The predicted octanol–water partition coefficient (Wildman–Crippen LogP) is 4.61. The third-order valence-electron chi connectivity index (χ3n) is 4.35. The van der Waals surface area contributed by atoms with Crippen LogP contribution in [0.2, 0.25) is 0 Å². The maximum absolute atomic E-state index is 12.4. The molecule has 150 valence electrons. The fourth-order valence-electron chi connectivity index (χ4n) is 3.01. The largest absolute Gasteiger partial charge is 0.481 e. The first kappa shape index (κ1) is 19.6. The van der Waals surface area contributed by atoms with Crippen molar-refractivity contribution in [3.05, 3.63) is 78.4 Å². The third-order valence-corrected chi connectivity index (χ3v) is 5.42. The average molecular weight is 418 g/mol. The zero-order valence-corrected chi connectivity index (χ0v) is 16.7. The minimum absolute atomic E-state index is 0.143. The highest BCUT2D eigenvalue weighted by Crippen LogP contribution is 2.37. The number of carbonyl (C=O) groups is 2. The number of nitrogens with one attached hydrogen (secondary N) is 1. The zero-order chi connectivity index (χ0) is 20.9. The highest BCUT2D eigenvalue weighted by atomic mass is 32.1. The molecule has 4 aromatic rings. The first-order valence-corrected chi connectivity index (χ1v) is 10.1. The Hall–Kier alpha value is -3.71. The molecule has 30 heavy (non-hydrogen) atoms. The number of carboxylic acids is 1. The maximum atomic E-state index is 12.4. The number of hydrogen-bond donors (Lipinski definition) is 2. The molecule has 0 spiro atoms. The lowest BCUT2D eigenvalue weighted by Gasteiger charge is -2.11. The van der Waals surface area contributed by atoms with Crippen molar-refractivity contribution in [2.45, 2.75) is 6.42 Å². The molecule has 1 amide bonds. The van der Waals surface area contributed by atoms with Crippen molar-refractivity contribution in [3.8, 4) is 16.3 Å². The quantitative estimate of drug-likeness (QED) is 0.458. The molecule has 7 heteroatoms. The summed E-state index contributed by atoms with van der Waals surface area (Å²) < 4.78 is 6.47. The summed E-state index contributed by atoms with van der Waals surface area (Å²) in [7, 11) is 0. The lowest BCUT2D eigenvalue weighted by atomic mass is 10.1. The van der Waals surface area contributed by atoms with Crippen LogP contribution in [0.3, 0.4) is 0 Å². The molecular weight excluding hydrogens is 400 g/mol. The third kappa shape index (κ3) is 4.64. The number of aliphatic carboxylic acids is 1. The molecule has 0 aliphatic carbocycles. The number of fused-ring (bicyclic) bond motifs is 1. The van der Waals surface area contributed by atoms with Crippen molar-refractivity contribution in [1.29, 1.82) is 0 Å². The van der Waals surface area contributed by atoms with Gasteiger partial charge in [-0.05, 0) is 35.9 Å². The lowest BCUT2D eigenvalue weighted by molar-refractivity contribution is -0.139. The van der Waals surface area contributed by atoms with E-state index in [9.17, 15) is 9.59 Å². The van der Waals surface area contributed by atoms with Gasteiger partial charge in [-0.2, -0.15) is 0 Å². The molecule has 0 unspecified atom stereocenters. The van der Waals surface area contributed by atoms with Gasteiger partial charge in [0.2, 0.25) is 5.91 Å². The van der Waals surface area contributed by atoms with Gasteiger partial charge in [0.1, 0.15) is 10.8 Å². The van der Waals surface area contributed by atoms with Crippen molar-refractivity contribution >= 4 is 39.1 Å². The number of para-hydroxylation sites is 1. The summed E-state index contributed by atoms with van der Waals surface area (Å²) in [6.45, 7) is -0.461. The standard InChI is InChI=1S/C23H18N2O4S/c26-21(12-15-6-2-1-3-7-15)24-16-10-11-19(29-14-22(27)28)17(13-16)23-25-18-8-4-5-9-20(18)30-23/h1-11,13H,12,14H2,(H,24,26)(H,27,28). The number of aromatic nitrogens is 1. The Morgan fingerprint density at radius 3 is 2.53 bits per heavy atom. The summed E-state index contributed by atoms with van der Waals surface area (Å²) in [6, 6.07) is 22.3. The van der Waals surface area contributed by atoms with Gasteiger partial charge in [0.25, 0.3) is 0 Å². The number of carbonyl (C=O) groups excluding carboxylic acids is 1. The number of ether oxygens (including phenoxy) is 1. The topological polar surface area (TPSA) is 88.5 Å². The van der Waals surface area contributed by atoms with Crippen LogP contribution in [0.1, 0.15) is 5.56 Å². The van der Waals surface area contributed by atoms with Crippen molar-refractivity contribution < 1.29 is 19.4 Å². The number of rotatable bonds is 7. The summed E-state index contributed by atoms with van der Waals surface area (Å²) in [5, 5.41) is 12.6. The van der Waals surface area contributed by atoms with Gasteiger partial charge in [0, 0.05) is 5.69 Å². The number of amides is 1. The molecule has 0 aliphatic rings. The molecule has 0 bridgehead atoms. The SMILES string of the molecule is O=C(O)COc1ccc(NC(=O)Cc2ccccc2)cc1-c1nc2ccccc2s1. The fourth-order valence-corrected chi connectivity index (χ4v) is 4.00. The monoisotopic (exact) mass is 418 g/mol. The normalized spacial score (nSPS) is 10.7. The molecule has 0 radical (unpaired) electrons. The second-order valence-corrected chi connectivity index (χ2v) is 7.62. The molecule has 0 saturated heterocycles. The van der Waals surface area contributed by atoms with Crippen LogP contribution >= 0.6 is 11.3 Å². The molecule has 0 aliphatic heterocycles. The summed E-state index contributed by atoms with van der Waals surface area (Å²) in [6.07, 6.45) is 0.259. The van der Waals surface area contributed by atoms with E-state index in [1.54, 1.807) is 18.2 Å². The number of anilines is 1. The van der Waals surface area contributed by atoms with Gasteiger partial charge in [-0.25, -0.2) is 9.78 Å². The van der Waals surface area contributed by atoms with Gasteiger partial charge in [-0.15, -0.1) is 11.3 Å².